The van der Waals surface area contributed by atoms with Crippen LogP contribution >= 0.6 is 0 Å². The Hall–Kier alpha value is -1.86. The van der Waals surface area contributed by atoms with E-state index >= 15 is 0 Å². The molecule has 1 aromatic rings. The van der Waals surface area contributed by atoms with Crippen LogP contribution in [0.3, 0.4) is 0 Å². The van der Waals surface area contributed by atoms with Crippen LogP contribution in [0.2, 0.25) is 0 Å². The van der Waals surface area contributed by atoms with E-state index in [-0.39, 0.29) is 0 Å². The molecule has 1 nitrogen and oxygen atoms in total. The van der Waals surface area contributed by atoms with Crippen molar-refractivity contribution in [3.63, 3.8) is 0 Å². The van der Waals surface area contributed by atoms with E-state index in [1.54, 1.807) is 0 Å². The third-order valence-corrected chi connectivity index (χ3v) is 3.41. The van der Waals surface area contributed by atoms with E-state index in [9.17, 15) is 0 Å². The van der Waals surface area contributed by atoms with E-state index < -0.39 is 0 Å². The number of hydrogen-bond acceptors (Lipinski definition) is 1. The minimum atomic E-state index is 0.338. The Morgan fingerprint density at radius 2 is 1.94 bits per heavy atom. The summed E-state index contributed by atoms with van der Waals surface area (Å²) in [6.45, 7) is 0.608. The fraction of sp³-hybridized carbons (Fsp3) is 0.125. The number of fused-ring (bicyclic) bond motifs is 2. The highest BCUT2D eigenvalue weighted by Crippen LogP contribution is 2.26. The van der Waals surface area contributed by atoms with Gasteiger partial charge in [-0.05, 0) is 21.6 Å². The molecule has 0 spiro atoms. The first-order valence-corrected chi connectivity index (χ1v) is 5.95. The molecular formula is C16H15N. The minimum absolute atomic E-state index is 0.338. The van der Waals surface area contributed by atoms with Crippen molar-refractivity contribution in [3.05, 3.63) is 70.7 Å². The summed E-state index contributed by atoms with van der Waals surface area (Å²) >= 11 is 0. The molecule has 3 rings (SSSR count). The molecule has 2 aliphatic rings. The summed E-state index contributed by atoms with van der Waals surface area (Å²) in [5.41, 5.74) is 8.48. The van der Waals surface area contributed by atoms with Gasteiger partial charge in [-0.1, -0.05) is 60.7 Å². The maximum absolute atomic E-state index is 5.85. The monoisotopic (exact) mass is 221 g/mol. The van der Waals surface area contributed by atoms with Crippen molar-refractivity contribution in [1.29, 1.82) is 0 Å². The molecule has 0 aromatic heterocycles. The van der Waals surface area contributed by atoms with Crippen LogP contribution < -0.4 is 16.2 Å². The molecule has 0 amide bonds. The molecule has 0 radical (unpaired) electrons. The Balaban J connectivity index is 2.37. The normalized spacial score (nSPS) is 21.1. The molecule has 0 heterocycles. The van der Waals surface area contributed by atoms with Crippen molar-refractivity contribution in [2.75, 3.05) is 6.54 Å². The summed E-state index contributed by atoms with van der Waals surface area (Å²) < 4.78 is 0. The lowest BCUT2D eigenvalue weighted by atomic mass is 9.87. The molecule has 0 fully saturated rings. The number of allylic oxidation sites excluding steroid dienone is 5. The maximum atomic E-state index is 5.85. The zero-order valence-corrected chi connectivity index (χ0v) is 9.64. The zero-order chi connectivity index (χ0) is 11.7. The van der Waals surface area contributed by atoms with E-state index in [2.05, 4.69) is 60.7 Å². The Labute approximate surface area is 101 Å². The highest BCUT2D eigenvalue weighted by atomic mass is 14.5. The van der Waals surface area contributed by atoms with Gasteiger partial charge in [0.2, 0.25) is 0 Å². The van der Waals surface area contributed by atoms with Gasteiger partial charge in [0.15, 0.2) is 0 Å². The average molecular weight is 221 g/mol. The molecule has 17 heavy (non-hydrogen) atoms. The molecule has 2 N–H and O–H groups in total. The van der Waals surface area contributed by atoms with Crippen LogP contribution in [-0.2, 0) is 0 Å². The second-order valence-electron chi connectivity index (χ2n) is 4.38. The fourth-order valence-corrected chi connectivity index (χ4v) is 2.52. The van der Waals surface area contributed by atoms with Gasteiger partial charge in [0.1, 0.15) is 0 Å². The molecule has 0 aliphatic heterocycles. The summed E-state index contributed by atoms with van der Waals surface area (Å²) in [4.78, 5) is 0. The fourth-order valence-electron chi connectivity index (χ4n) is 2.52. The van der Waals surface area contributed by atoms with E-state index in [0.29, 0.717) is 12.5 Å². The van der Waals surface area contributed by atoms with Crippen molar-refractivity contribution in [3.8, 4) is 0 Å². The Morgan fingerprint density at radius 3 is 2.82 bits per heavy atom. The predicted molar refractivity (Wildman–Crippen MR) is 72.5 cm³/mol. The van der Waals surface area contributed by atoms with Gasteiger partial charge in [-0.15, -0.1) is 0 Å². The molecule has 2 aliphatic carbocycles. The summed E-state index contributed by atoms with van der Waals surface area (Å²) in [6.07, 6.45) is 13.0. The maximum Gasteiger partial charge on any atom is 0.0253 e. The van der Waals surface area contributed by atoms with E-state index in [4.69, 9.17) is 5.73 Å². The molecule has 0 saturated heterocycles. The number of benzene rings is 1. The molecule has 84 valence electrons. The van der Waals surface area contributed by atoms with Gasteiger partial charge < -0.3 is 5.73 Å². The molecule has 0 saturated carbocycles. The summed E-state index contributed by atoms with van der Waals surface area (Å²) in [5.74, 6) is 0.338. The van der Waals surface area contributed by atoms with Crippen LogP contribution in [0.1, 0.15) is 0 Å². The van der Waals surface area contributed by atoms with Gasteiger partial charge in [0, 0.05) is 12.5 Å². The first kappa shape index (κ1) is 10.3. The quantitative estimate of drug-likeness (QED) is 0.759. The molecular weight excluding hydrogens is 206 g/mol. The zero-order valence-electron chi connectivity index (χ0n) is 9.64. The van der Waals surface area contributed by atoms with Crippen LogP contribution in [0, 0.1) is 5.92 Å². The first-order chi connectivity index (χ1) is 8.40. The second kappa shape index (κ2) is 4.19. The summed E-state index contributed by atoms with van der Waals surface area (Å²) in [5, 5.41) is 2.59. The van der Waals surface area contributed by atoms with E-state index in [0.717, 1.165) is 0 Å². The van der Waals surface area contributed by atoms with Crippen molar-refractivity contribution >= 4 is 11.6 Å². The summed E-state index contributed by atoms with van der Waals surface area (Å²) in [7, 11) is 0. The van der Waals surface area contributed by atoms with E-state index in [1.807, 2.05) is 0 Å². The van der Waals surface area contributed by atoms with Crippen molar-refractivity contribution in [1.82, 2.24) is 0 Å². The van der Waals surface area contributed by atoms with Crippen molar-refractivity contribution in [2.45, 2.75) is 0 Å². The lowest BCUT2D eigenvalue weighted by molar-refractivity contribution is 0.928. The third-order valence-electron chi connectivity index (χ3n) is 3.41. The number of rotatable bonds is 1. The van der Waals surface area contributed by atoms with Gasteiger partial charge in [-0.3, -0.25) is 0 Å². The Bertz CT molecular complexity index is 644. The van der Waals surface area contributed by atoms with Crippen LogP contribution in [0.4, 0.5) is 0 Å². The Morgan fingerprint density at radius 1 is 1.06 bits per heavy atom. The van der Waals surface area contributed by atoms with Crippen LogP contribution in [0.15, 0.2) is 60.2 Å². The van der Waals surface area contributed by atoms with Gasteiger partial charge in [-0.25, -0.2) is 0 Å². The van der Waals surface area contributed by atoms with Crippen LogP contribution in [0.5, 0.6) is 0 Å². The minimum Gasteiger partial charge on any atom is -0.327 e. The first-order valence-electron chi connectivity index (χ1n) is 5.95. The second-order valence-corrected chi connectivity index (χ2v) is 4.38. The van der Waals surface area contributed by atoms with Gasteiger partial charge in [0.05, 0.1) is 0 Å². The summed E-state index contributed by atoms with van der Waals surface area (Å²) in [6, 6.07) is 8.51. The van der Waals surface area contributed by atoms with Crippen molar-refractivity contribution in [2.24, 2.45) is 11.7 Å². The number of nitrogens with two attached hydrogens (primary N) is 1. The topological polar surface area (TPSA) is 26.0 Å². The van der Waals surface area contributed by atoms with Crippen molar-refractivity contribution < 1.29 is 0 Å². The molecule has 1 atom stereocenters. The van der Waals surface area contributed by atoms with Crippen LogP contribution in [0.25, 0.3) is 11.6 Å². The van der Waals surface area contributed by atoms with Gasteiger partial charge >= 0.3 is 0 Å². The molecule has 1 aromatic carbocycles. The highest BCUT2D eigenvalue weighted by molar-refractivity contribution is 5.70. The number of hydrogen-bond donors (Lipinski definition) is 1. The lowest BCUT2D eigenvalue weighted by Crippen LogP contribution is -2.27. The highest BCUT2D eigenvalue weighted by Gasteiger charge is 2.17. The molecule has 0 bridgehead atoms. The molecule has 1 unspecified atom stereocenters. The van der Waals surface area contributed by atoms with E-state index in [1.165, 1.54) is 21.6 Å². The van der Waals surface area contributed by atoms with Gasteiger partial charge in [0.25, 0.3) is 0 Å². The predicted octanol–water partition coefficient (Wildman–Crippen LogP) is 1.26. The SMILES string of the molecule is NCC1=CC=c2ccccc2=C2C=CC=CC12. The van der Waals surface area contributed by atoms with Crippen LogP contribution in [-0.4, -0.2) is 6.54 Å². The third kappa shape index (κ3) is 1.69. The average Bonchev–Trinajstić information content (AvgIpc) is 2.56. The largest absolute Gasteiger partial charge is 0.327 e. The Kier molecular flexibility index (Phi) is 2.54. The molecule has 1 heteroatoms. The smallest absolute Gasteiger partial charge is 0.0253 e. The lowest BCUT2D eigenvalue weighted by Gasteiger charge is -2.18. The van der Waals surface area contributed by atoms with Gasteiger partial charge in [-0.2, -0.15) is 0 Å². The standard InChI is InChI=1S/C16H15N/c17-11-13-10-9-12-5-1-2-6-14(12)16-8-4-3-7-15(13)16/h1-10,15H,11,17H2.